The van der Waals surface area contributed by atoms with Crippen LogP contribution in [0.15, 0.2) is 53.4 Å². The minimum atomic E-state index is -0.956. The van der Waals surface area contributed by atoms with Crippen molar-refractivity contribution in [1.29, 1.82) is 0 Å². The summed E-state index contributed by atoms with van der Waals surface area (Å²) in [4.78, 5) is 34.3. The zero-order chi connectivity index (χ0) is 22.0. The lowest BCUT2D eigenvalue weighted by Crippen LogP contribution is -2.50. The summed E-state index contributed by atoms with van der Waals surface area (Å²) in [5, 5.41) is 0. The number of hydrogen-bond donors (Lipinski definition) is 0. The van der Waals surface area contributed by atoms with Crippen LogP contribution in [0, 0.1) is 5.92 Å². The normalized spacial score (nSPS) is 18.3. The van der Waals surface area contributed by atoms with Gasteiger partial charge in [-0.3, -0.25) is 14.5 Å². The number of nitrogens with zero attached hydrogens (tertiary/aromatic N) is 3. The Kier molecular flexibility index (Phi) is 6.32. The molecule has 0 fully saturated rings. The van der Waals surface area contributed by atoms with Gasteiger partial charge in [-0.15, -0.1) is 11.8 Å². The van der Waals surface area contributed by atoms with Gasteiger partial charge in [-0.25, -0.2) is 4.98 Å². The van der Waals surface area contributed by atoms with Gasteiger partial charge in [0.15, 0.2) is 5.92 Å². The number of para-hydroxylation sites is 2. The Hall–Kier alpha value is -2.80. The number of benzene rings is 2. The minimum Gasteiger partial charge on any atom is -0.465 e. The summed E-state index contributed by atoms with van der Waals surface area (Å²) in [6.45, 7) is 4.59. The van der Waals surface area contributed by atoms with Crippen molar-refractivity contribution in [1.82, 2.24) is 9.55 Å². The molecule has 1 aromatic heterocycles. The van der Waals surface area contributed by atoms with Gasteiger partial charge >= 0.3 is 5.97 Å². The molecule has 31 heavy (non-hydrogen) atoms. The summed E-state index contributed by atoms with van der Waals surface area (Å²) in [5.74, 6) is -1.09. The van der Waals surface area contributed by atoms with Crippen molar-refractivity contribution in [2.24, 2.45) is 5.92 Å². The third kappa shape index (κ3) is 3.83. The number of ether oxygens (including phenoxy) is 1. The number of thioether (sulfide) groups is 1. The molecule has 0 saturated carbocycles. The quantitative estimate of drug-likeness (QED) is 0.305. The summed E-state index contributed by atoms with van der Waals surface area (Å²) in [6.07, 6.45) is 3.79. The van der Waals surface area contributed by atoms with Crippen molar-refractivity contribution in [3.8, 4) is 0 Å². The van der Waals surface area contributed by atoms with Gasteiger partial charge in [0.1, 0.15) is 0 Å². The van der Waals surface area contributed by atoms with Gasteiger partial charge in [0.25, 0.3) is 0 Å². The van der Waals surface area contributed by atoms with E-state index in [1.165, 1.54) is 0 Å². The fourth-order valence-corrected chi connectivity index (χ4v) is 4.59. The van der Waals surface area contributed by atoms with Gasteiger partial charge in [-0.2, -0.15) is 0 Å². The van der Waals surface area contributed by atoms with Crippen LogP contribution in [0.2, 0.25) is 0 Å². The van der Waals surface area contributed by atoms with Crippen molar-refractivity contribution < 1.29 is 14.3 Å². The van der Waals surface area contributed by atoms with E-state index >= 15 is 0 Å². The van der Waals surface area contributed by atoms with Crippen molar-refractivity contribution in [2.45, 2.75) is 37.6 Å². The fraction of sp³-hybridized carbons (Fsp3) is 0.375. The summed E-state index contributed by atoms with van der Waals surface area (Å²) in [7, 11) is 0. The molecular formula is C24H27N3O3S. The average Bonchev–Trinajstić information content (AvgIpc) is 3.17. The number of aromatic nitrogens is 2. The Morgan fingerprint density at radius 3 is 2.55 bits per heavy atom. The van der Waals surface area contributed by atoms with Crippen LogP contribution in [0.3, 0.4) is 0 Å². The first-order chi connectivity index (χ1) is 15.1. The topological polar surface area (TPSA) is 64.4 Å². The smallest absolute Gasteiger partial charge is 0.321 e. The highest BCUT2D eigenvalue weighted by Gasteiger charge is 2.47. The van der Waals surface area contributed by atoms with Crippen LogP contribution in [0.5, 0.6) is 0 Å². The Morgan fingerprint density at radius 1 is 1.13 bits per heavy atom. The second-order valence-corrected chi connectivity index (χ2v) is 8.44. The second-order valence-electron chi connectivity index (χ2n) is 7.56. The molecule has 162 valence electrons. The van der Waals surface area contributed by atoms with Gasteiger partial charge in [0, 0.05) is 11.4 Å². The number of carbonyl (C=O) groups excluding carboxylic acids is 2. The van der Waals surface area contributed by atoms with Crippen molar-refractivity contribution >= 4 is 40.6 Å². The monoisotopic (exact) mass is 437 g/mol. The Bertz CT molecular complexity index is 1090. The molecule has 4 rings (SSSR count). The van der Waals surface area contributed by atoms with E-state index in [4.69, 9.17) is 9.72 Å². The SMILES string of the molecule is CCCCN1C(=O)[C@H](C(=O)OCC)[C@@H](c2ccc(SC)cc2)n2c1nc1ccccc12. The number of fused-ring (bicyclic) bond motifs is 3. The number of rotatable bonds is 7. The molecule has 0 aliphatic carbocycles. The molecule has 2 atom stereocenters. The third-order valence-electron chi connectivity index (χ3n) is 5.68. The van der Waals surface area contributed by atoms with Crippen molar-refractivity contribution in [3.05, 3.63) is 54.1 Å². The van der Waals surface area contributed by atoms with Gasteiger partial charge in [-0.05, 0) is 49.4 Å². The van der Waals surface area contributed by atoms with Crippen LogP contribution in [0.4, 0.5) is 5.95 Å². The first-order valence-corrected chi connectivity index (χ1v) is 11.9. The van der Waals surface area contributed by atoms with Crippen LogP contribution in [0.1, 0.15) is 38.3 Å². The van der Waals surface area contributed by atoms with Gasteiger partial charge in [0.2, 0.25) is 11.9 Å². The molecule has 7 heteroatoms. The van der Waals surface area contributed by atoms with E-state index in [2.05, 4.69) is 6.92 Å². The van der Waals surface area contributed by atoms with E-state index in [9.17, 15) is 9.59 Å². The molecule has 0 spiro atoms. The molecule has 0 radical (unpaired) electrons. The van der Waals surface area contributed by atoms with E-state index in [-0.39, 0.29) is 12.5 Å². The average molecular weight is 438 g/mol. The molecule has 1 aliphatic heterocycles. The number of amides is 1. The summed E-state index contributed by atoms with van der Waals surface area (Å²) in [6, 6.07) is 15.3. The number of carbonyl (C=O) groups is 2. The second kappa shape index (κ2) is 9.14. The molecule has 0 N–H and O–H groups in total. The van der Waals surface area contributed by atoms with Gasteiger partial charge < -0.3 is 9.30 Å². The zero-order valence-electron chi connectivity index (χ0n) is 18.1. The number of imidazole rings is 1. The van der Waals surface area contributed by atoms with E-state index < -0.39 is 17.9 Å². The van der Waals surface area contributed by atoms with Crippen LogP contribution >= 0.6 is 11.8 Å². The summed E-state index contributed by atoms with van der Waals surface area (Å²) in [5.41, 5.74) is 2.60. The van der Waals surface area contributed by atoms with Crippen LogP contribution in [0.25, 0.3) is 11.0 Å². The molecule has 3 aromatic rings. The van der Waals surface area contributed by atoms with E-state index in [1.54, 1.807) is 23.6 Å². The van der Waals surface area contributed by atoms with Crippen LogP contribution < -0.4 is 4.90 Å². The number of anilines is 1. The summed E-state index contributed by atoms with van der Waals surface area (Å²) < 4.78 is 7.42. The largest absolute Gasteiger partial charge is 0.465 e. The maximum atomic E-state index is 13.7. The van der Waals surface area contributed by atoms with Crippen molar-refractivity contribution in [2.75, 3.05) is 24.3 Å². The molecule has 0 saturated heterocycles. The lowest BCUT2D eigenvalue weighted by Gasteiger charge is -2.38. The number of hydrogen-bond acceptors (Lipinski definition) is 5. The first-order valence-electron chi connectivity index (χ1n) is 10.7. The highest BCUT2D eigenvalue weighted by molar-refractivity contribution is 7.98. The summed E-state index contributed by atoms with van der Waals surface area (Å²) >= 11 is 1.65. The molecule has 2 heterocycles. The standard InChI is InChI=1S/C24H27N3O3S/c1-4-6-15-26-22(28)20(23(29)30-5-2)21(16-11-13-17(31-3)14-12-16)27-19-10-8-7-9-18(19)25-24(26)27/h7-14,20-21H,4-6,15H2,1-3H3/t20-,21-/m1/s1. The highest BCUT2D eigenvalue weighted by Crippen LogP contribution is 2.41. The minimum absolute atomic E-state index is 0.229. The molecule has 1 amide bonds. The maximum Gasteiger partial charge on any atom is 0.321 e. The molecule has 2 aromatic carbocycles. The lowest BCUT2D eigenvalue weighted by molar-refractivity contribution is -0.153. The van der Waals surface area contributed by atoms with Gasteiger partial charge in [-0.1, -0.05) is 37.6 Å². The Morgan fingerprint density at radius 2 is 1.87 bits per heavy atom. The lowest BCUT2D eigenvalue weighted by atomic mass is 9.89. The number of unbranched alkanes of at least 4 members (excludes halogenated alkanes) is 1. The third-order valence-corrected chi connectivity index (χ3v) is 6.42. The fourth-order valence-electron chi connectivity index (χ4n) is 4.18. The van der Waals surface area contributed by atoms with Crippen molar-refractivity contribution in [3.63, 3.8) is 0 Å². The highest BCUT2D eigenvalue weighted by atomic mass is 32.2. The first kappa shape index (κ1) is 21.4. The van der Waals surface area contributed by atoms with E-state index in [0.29, 0.717) is 12.5 Å². The molecule has 1 aliphatic rings. The number of esters is 1. The molecule has 0 bridgehead atoms. The Balaban J connectivity index is 1.95. The zero-order valence-corrected chi connectivity index (χ0v) is 18.9. The predicted octanol–water partition coefficient (Wildman–Crippen LogP) is 4.67. The van der Waals surface area contributed by atoms with Gasteiger partial charge in [0.05, 0.1) is 23.7 Å². The van der Waals surface area contributed by atoms with Crippen LogP contribution in [-0.4, -0.2) is 40.8 Å². The maximum absolute atomic E-state index is 13.7. The molecule has 0 unspecified atom stereocenters. The van der Waals surface area contributed by atoms with E-state index in [1.807, 2.05) is 59.4 Å². The van der Waals surface area contributed by atoms with E-state index in [0.717, 1.165) is 34.3 Å². The molecular weight excluding hydrogens is 410 g/mol. The van der Waals surface area contributed by atoms with Crippen LogP contribution in [-0.2, 0) is 14.3 Å². The predicted molar refractivity (Wildman–Crippen MR) is 123 cm³/mol. The molecule has 6 nitrogen and oxygen atoms in total. The Labute approximate surface area is 186 Å².